The Morgan fingerprint density at radius 2 is 0.719 bits per heavy atom. The molecule has 0 fully saturated rings. The molecular weight excluding hydrogens is 818 g/mol. The van der Waals surface area contributed by atoms with E-state index in [2.05, 4.69) is 13.8 Å². The fourth-order valence-electron chi connectivity index (χ4n) is 8.55. The van der Waals surface area contributed by atoms with Gasteiger partial charge in [-0.3, -0.25) is 9.36 Å². The van der Waals surface area contributed by atoms with E-state index in [1.165, 1.54) is 238 Å². The summed E-state index contributed by atoms with van der Waals surface area (Å²) >= 11 is 0. The number of quaternary nitrogens is 1. The SMILES string of the molecule is CCCCCCCCCCCCCCCCCCCCCCCCCCCC(=O)OC(COCCCCCCCCCCCCCCCCCCC)COP(=O)([O-])OCC[N+](C)(C)C. The molecule has 0 radical (unpaired) electrons. The highest BCUT2D eigenvalue weighted by atomic mass is 31.2. The van der Waals surface area contributed by atoms with Crippen LogP contribution in [-0.2, 0) is 27.9 Å². The minimum atomic E-state index is -4.52. The third-order valence-electron chi connectivity index (χ3n) is 12.9. The highest BCUT2D eigenvalue weighted by molar-refractivity contribution is 7.45. The number of phosphoric ester groups is 1. The lowest BCUT2D eigenvalue weighted by atomic mass is 10.0. The molecule has 0 N–H and O–H groups in total. The molecule has 0 amide bonds. The van der Waals surface area contributed by atoms with Crippen molar-refractivity contribution in [3.8, 4) is 0 Å². The molecule has 0 bridgehead atoms. The van der Waals surface area contributed by atoms with Crippen LogP contribution in [0, 0.1) is 0 Å². The number of rotatable bonds is 54. The minimum absolute atomic E-state index is 0.0319. The van der Waals surface area contributed by atoms with Crippen LogP contribution in [0.1, 0.15) is 290 Å². The van der Waals surface area contributed by atoms with Gasteiger partial charge < -0.3 is 27.9 Å². The summed E-state index contributed by atoms with van der Waals surface area (Å²) < 4.78 is 34.8. The van der Waals surface area contributed by atoms with Crippen LogP contribution in [0.15, 0.2) is 0 Å². The number of hydrogen-bond acceptors (Lipinski definition) is 7. The maximum atomic E-state index is 12.8. The summed E-state index contributed by atoms with van der Waals surface area (Å²) in [4.78, 5) is 25.2. The number of esters is 1. The van der Waals surface area contributed by atoms with Gasteiger partial charge in [-0.2, -0.15) is 0 Å². The van der Waals surface area contributed by atoms with E-state index in [0.29, 0.717) is 24.1 Å². The molecule has 2 atom stereocenters. The van der Waals surface area contributed by atoms with E-state index < -0.39 is 13.9 Å². The predicted molar refractivity (Wildman–Crippen MR) is 273 cm³/mol. The largest absolute Gasteiger partial charge is 0.756 e. The number of unbranched alkanes of at least 4 members (excludes halogenated alkanes) is 40. The summed E-state index contributed by atoms with van der Waals surface area (Å²) in [6, 6.07) is 0. The van der Waals surface area contributed by atoms with Gasteiger partial charge in [0, 0.05) is 13.0 Å². The number of likely N-dealkylation sites (N-methyl/N-ethyl adjacent to an activating group) is 1. The van der Waals surface area contributed by atoms with Crippen LogP contribution in [-0.4, -0.2) is 70.7 Å². The Morgan fingerprint density at radius 3 is 1.03 bits per heavy atom. The second kappa shape index (κ2) is 48.9. The van der Waals surface area contributed by atoms with Crippen LogP contribution >= 0.6 is 7.82 Å². The number of phosphoric acid groups is 1. The molecular formula is C55H112NO7P. The number of ether oxygens (including phenoxy) is 2. The lowest BCUT2D eigenvalue weighted by Crippen LogP contribution is -2.37. The fraction of sp³-hybridized carbons (Fsp3) is 0.982. The normalized spacial score (nSPS) is 13.4. The topological polar surface area (TPSA) is 94.1 Å². The van der Waals surface area contributed by atoms with Gasteiger partial charge in [-0.15, -0.1) is 0 Å². The molecule has 64 heavy (non-hydrogen) atoms. The Balaban J connectivity index is 4.00. The monoisotopic (exact) mass is 930 g/mol. The van der Waals surface area contributed by atoms with Gasteiger partial charge in [0.2, 0.25) is 0 Å². The first-order chi connectivity index (χ1) is 31.1. The van der Waals surface area contributed by atoms with Crippen LogP contribution in [0.2, 0.25) is 0 Å². The van der Waals surface area contributed by atoms with Crippen LogP contribution < -0.4 is 4.89 Å². The average Bonchev–Trinajstić information content (AvgIpc) is 3.25. The van der Waals surface area contributed by atoms with Crippen LogP contribution in [0.3, 0.4) is 0 Å². The molecule has 384 valence electrons. The molecule has 0 aliphatic carbocycles. The summed E-state index contributed by atoms with van der Waals surface area (Å²) in [5, 5.41) is 0. The molecule has 0 saturated carbocycles. The third kappa shape index (κ3) is 52.5. The summed E-state index contributed by atoms with van der Waals surface area (Å²) in [6.07, 6.45) is 55.7. The van der Waals surface area contributed by atoms with Crippen molar-refractivity contribution >= 4 is 13.8 Å². The molecule has 9 heteroatoms. The van der Waals surface area contributed by atoms with Gasteiger partial charge in [0.05, 0.1) is 34.4 Å². The standard InChI is InChI=1S/C55H112NO7P/c1-6-8-10-12-14-16-18-20-22-24-25-26-27-28-29-30-31-32-34-36-38-40-42-44-46-48-55(57)63-54(53-62-64(58,59)61-51-49-56(3,4)5)52-60-50-47-45-43-41-39-37-35-33-23-21-19-17-15-13-11-9-7-2/h54H,6-53H2,1-5H3. The molecule has 0 aliphatic rings. The van der Waals surface area contributed by atoms with Crippen molar-refractivity contribution in [1.82, 2.24) is 0 Å². The maximum Gasteiger partial charge on any atom is 0.306 e. The molecule has 0 aromatic carbocycles. The first kappa shape index (κ1) is 63.5. The second-order valence-electron chi connectivity index (χ2n) is 20.7. The second-order valence-corrected chi connectivity index (χ2v) is 22.1. The Labute approximate surface area is 399 Å². The zero-order chi connectivity index (χ0) is 46.9. The van der Waals surface area contributed by atoms with Crippen LogP contribution in [0.5, 0.6) is 0 Å². The summed E-state index contributed by atoms with van der Waals surface area (Å²) in [6.45, 7) is 5.50. The third-order valence-corrected chi connectivity index (χ3v) is 13.9. The van der Waals surface area contributed by atoms with Gasteiger partial charge in [-0.05, 0) is 12.8 Å². The van der Waals surface area contributed by atoms with E-state index in [9.17, 15) is 14.3 Å². The van der Waals surface area contributed by atoms with E-state index >= 15 is 0 Å². The lowest BCUT2D eigenvalue weighted by molar-refractivity contribution is -0.870. The van der Waals surface area contributed by atoms with Crippen LogP contribution in [0.4, 0.5) is 0 Å². The molecule has 8 nitrogen and oxygen atoms in total. The Hall–Kier alpha value is -0.500. The summed E-state index contributed by atoms with van der Waals surface area (Å²) in [5.74, 6) is -0.323. The summed E-state index contributed by atoms with van der Waals surface area (Å²) in [7, 11) is 1.38. The zero-order valence-electron chi connectivity index (χ0n) is 43.8. The average molecular weight is 930 g/mol. The maximum absolute atomic E-state index is 12.8. The Bertz CT molecular complexity index is 992. The highest BCUT2D eigenvalue weighted by Gasteiger charge is 2.20. The van der Waals surface area contributed by atoms with Gasteiger partial charge >= 0.3 is 5.97 Å². The van der Waals surface area contributed by atoms with Crippen molar-refractivity contribution in [1.29, 1.82) is 0 Å². The van der Waals surface area contributed by atoms with Gasteiger partial charge in [0.25, 0.3) is 7.82 Å². The minimum Gasteiger partial charge on any atom is -0.756 e. The molecule has 0 aliphatic heterocycles. The van der Waals surface area contributed by atoms with Crippen molar-refractivity contribution < 1.29 is 37.3 Å². The number of hydrogen-bond donors (Lipinski definition) is 0. The first-order valence-electron chi connectivity index (χ1n) is 28.3. The van der Waals surface area contributed by atoms with E-state index in [1.54, 1.807) is 0 Å². The molecule has 0 heterocycles. The van der Waals surface area contributed by atoms with E-state index in [1.807, 2.05) is 21.1 Å². The smallest absolute Gasteiger partial charge is 0.306 e. The lowest BCUT2D eigenvalue weighted by Gasteiger charge is -2.28. The highest BCUT2D eigenvalue weighted by Crippen LogP contribution is 2.38. The molecule has 0 saturated heterocycles. The fourth-order valence-corrected chi connectivity index (χ4v) is 9.28. The quantitative estimate of drug-likeness (QED) is 0.0259. The first-order valence-corrected chi connectivity index (χ1v) is 29.7. The van der Waals surface area contributed by atoms with Gasteiger partial charge in [-0.1, -0.05) is 271 Å². The van der Waals surface area contributed by atoms with E-state index in [0.717, 1.165) is 32.1 Å². The van der Waals surface area contributed by atoms with Gasteiger partial charge in [-0.25, -0.2) is 0 Å². The van der Waals surface area contributed by atoms with Crippen molar-refractivity contribution in [2.75, 3.05) is 54.1 Å². The van der Waals surface area contributed by atoms with Gasteiger partial charge in [0.15, 0.2) is 0 Å². The molecule has 0 spiro atoms. The molecule has 0 rings (SSSR count). The van der Waals surface area contributed by atoms with Crippen LogP contribution in [0.25, 0.3) is 0 Å². The van der Waals surface area contributed by atoms with E-state index in [4.69, 9.17) is 18.5 Å². The van der Waals surface area contributed by atoms with Crippen molar-refractivity contribution in [3.05, 3.63) is 0 Å². The number of carbonyl (C=O) groups is 1. The number of nitrogens with zero attached hydrogens (tertiary/aromatic N) is 1. The van der Waals surface area contributed by atoms with Crippen molar-refractivity contribution in [3.63, 3.8) is 0 Å². The molecule has 0 aromatic rings. The van der Waals surface area contributed by atoms with Crippen molar-refractivity contribution in [2.45, 2.75) is 296 Å². The zero-order valence-corrected chi connectivity index (χ0v) is 44.7. The Kier molecular flexibility index (Phi) is 48.6. The summed E-state index contributed by atoms with van der Waals surface area (Å²) in [5.41, 5.74) is 0. The Morgan fingerprint density at radius 1 is 0.422 bits per heavy atom. The van der Waals surface area contributed by atoms with E-state index in [-0.39, 0.29) is 25.8 Å². The van der Waals surface area contributed by atoms with Gasteiger partial charge in [0.1, 0.15) is 19.3 Å². The molecule has 0 aromatic heterocycles. The number of carbonyl (C=O) groups excluding carboxylic acids is 1. The predicted octanol–water partition coefficient (Wildman–Crippen LogP) is 16.9. The van der Waals surface area contributed by atoms with Crippen molar-refractivity contribution in [2.24, 2.45) is 0 Å². The molecule has 2 unspecified atom stereocenters.